The molecule has 0 bridgehead atoms. The predicted octanol–water partition coefficient (Wildman–Crippen LogP) is 3.00. The summed E-state index contributed by atoms with van der Waals surface area (Å²) in [5.41, 5.74) is 3.75. The van der Waals surface area contributed by atoms with E-state index in [9.17, 15) is 0 Å². The lowest BCUT2D eigenvalue weighted by Gasteiger charge is -2.28. The predicted molar refractivity (Wildman–Crippen MR) is 77.8 cm³/mol. The van der Waals surface area contributed by atoms with Crippen molar-refractivity contribution >= 4 is 0 Å². The van der Waals surface area contributed by atoms with Gasteiger partial charge in [-0.1, -0.05) is 6.07 Å². The maximum absolute atomic E-state index is 5.74. The molecule has 0 amide bonds. The van der Waals surface area contributed by atoms with Gasteiger partial charge < -0.3 is 14.8 Å². The highest BCUT2D eigenvalue weighted by Crippen LogP contribution is 2.41. The molecule has 1 fully saturated rings. The highest BCUT2D eigenvalue weighted by atomic mass is 16.5. The van der Waals surface area contributed by atoms with Crippen LogP contribution in [0.1, 0.15) is 35.6 Å². The molecule has 0 aliphatic heterocycles. The molecule has 19 heavy (non-hydrogen) atoms. The van der Waals surface area contributed by atoms with Gasteiger partial charge in [0.2, 0.25) is 0 Å². The number of methoxy groups -OCH3 is 2. The Hall–Kier alpha value is -1.06. The standard InChI is InChI=1S/C16H25NO2/c1-10-9-14(18-4)11(2)8-13(10)15(17-3)16(19-5)12-6-7-12/h8-9,12,15-17H,6-7H2,1-5H3. The summed E-state index contributed by atoms with van der Waals surface area (Å²) in [6.45, 7) is 4.23. The van der Waals surface area contributed by atoms with Gasteiger partial charge in [-0.15, -0.1) is 0 Å². The first-order chi connectivity index (χ1) is 9.12. The van der Waals surface area contributed by atoms with E-state index in [1.54, 1.807) is 7.11 Å². The van der Waals surface area contributed by atoms with Crippen LogP contribution < -0.4 is 10.1 Å². The van der Waals surface area contributed by atoms with Crippen LogP contribution in [0.3, 0.4) is 0 Å². The van der Waals surface area contributed by atoms with Gasteiger partial charge in [0.1, 0.15) is 5.75 Å². The number of rotatable bonds is 6. The molecule has 3 nitrogen and oxygen atoms in total. The highest BCUT2D eigenvalue weighted by Gasteiger charge is 2.37. The van der Waals surface area contributed by atoms with Crippen molar-refractivity contribution in [2.75, 3.05) is 21.3 Å². The molecule has 1 aliphatic rings. The van der Waals surface area contributed by atoms with E-state index in [0.717, 1.165) is 5.75 Å². The molecule has 0 saturated heterocycles. The molecule has 0 aromatic heterocycles. The summed E-state index contributed by atoms with van der Waals surface area (Å²) in [4.78, 5) is 0. The van der Waals surface area contributed by atoms with Crippen molar-refractivity contribution in [1.29, 1.82) is 0 Å². The van der Waals surface area contributed by atoms with Crippen LogP contribution >= 0.6 is 0 Å². The molecule has 3 heteroatoms. The summed E-state index contributed by atoms with van der Waals surface area (Å²) in [6, 6.07) is 4.60. The molecule has 1 aromatic rings. The minimum atomic E-state index is 0.252. The Morgan fingerprint density at radius 2 is 1.84 bits per heavy atom. The van der Waals surface area contributed by atoms with Crippen LogP contribution in [-0.2, 0) is 4.74 Å². The first-order valence-electron chi connectivity index (χ1n) is 6.97. The first kappa shape index (κ1) is 14.4. The topological polar surface area (TPSA) is 30.5 Å². The third-order valence-corrected chi connectivity index (χ3v) is 4.12. The van der Waals surface area contributed by atoms with E-state index < -0.39 is 0 Å². The van der Waals surface area contributed by atoms with E-state index in [1.165, 1.54) is 29.5 Å². The number of likely N-dealkylation sites (N-methyl/N-ethyl adjacent to an activating group) is 1. The molecule has 2 atom stereocenters. The van der Waals surface area contributed by atoms with Gasteiger partial charge in [0.25, 0.3) is 0 Å². The van der Waals surface area contributed by atoms with E-state index in [4.69, 9.17) is 9.47 Å². The number of hydrogen-bond acceptors (Lipinski definition) is 3. The van der Waals surface area contributed by atoms with Crippen molar-refractivity contribution in [3.63, 3.8) is 0 Å². The first-order valence-corrected chi connectivity index (χ1v) is 6.97. The number of hydrogen-bond donors (Lipinski definition) is 1. The van der Waals surface area contributed by atoms with Crippen molar-refractivity contribution in [2.45, 2.75) is 38.8 Å². The lowest BCUT2D eigenvalue weighted by Crippen LogP contribution is -2.33. The zero-order valence-electron chi connectivity index (χ0n) is 12.6. The summed E-state index contributed by atoms with van der Waals surface area (Å²) in [7, 11) is 5.55. The molecule has 1 aromatic carbocycles. The van der Waals surface area contributed by atoms with Crippen molar-refractivity contribution in [3.8, 4) is 5.75 Å². The Balaban J connectivity index is 2.34. The Morgan fingerprint density at radius 1 is 1.16 bits per heavy atom. The Kier molecular flexibility index (Phi) is 4.48. The summed E-state index contributed by atoms with van der Waals surface area (Å²) in [6.07, 6.45) is 2.83. The van der Waals surface area contributed by atoms with Crippen LogP contribution in [0.5, 0.6) is 5.75 Å². The smallest absolute Gasteiger partial charge is 0.122 e. The molecule has 2 rings (SSSR count). The van der Waals surface area contributed by atoms with E-state index in [-0.39, 0.29) is 12.1 Å². The van der Waals surface area contributed by atoms with Gasteiger partial charge in [-0.05, 0) is 62.4 Å². The molecule has 0 heterocycles. The second-order valence-corrected chi connectivity index (χ2v) is 5.48. The van der Waals surface area contributed by atoms with Gasteiger partial charge in [0, 0.05) is 7.11 Å². The monoisotopic (exact) mass is 263 g/mol. The highest BCUT2D eigenvalue weighted by molar-refractivity contribution is 5.43. The third kappa shape index (κ3) is 2.93. The summed E-state index contributed by atoms with van der Waals surface area (Å²) in [5.74, 6) is 1.65. The number of ether oxygens (including phenoxy) is 2. The minimum absolute atomic E-state index is 0.252. The quantitative estimate of drug-likeness (QED) is 0.856. The van der Waals surface area contributed by atoms with Crippen LogP contribution in [0.15, 0.2) is 12.1 Å². The van der Waals surface area contributed by atoms with Crippen LogP contribution in [0.2, 0.25) is 0 Å². The van der Waals surface area contributed by atoms with Gasteiger partial charge in [-0.2, -0.15) is 0 Å². The van der Waals surface area contributed by atoms with Gasteiger partial charge in [0.15, 0.2) is 0 Å². The molecule has 1 aliphatic carbocycles. The molecule has 106 valence electrons. The van der Waals surface area contributed by atoms with Crippen molar-refractivity contribution in [3.05, 3.63) is 28.8 Å². The Labute approximate surface area is 116 Å². The molecular weight excluding hydrogens is 238 g/mol. The van der Waals surface area contributed by atoms with E-state index in [0.29, 0.717) is 5.92 Å². The lowest BCUT2D eigenvalue weighted by molar-refractivity contribution is 0.0528. The van der Waals surface area contributed by atoms with Crippen LogP contribution in [0.25, 0.3) is 0 Å². The molecule has 0 spiro atoms. The third-order valence-electron chi connectivity index (χ3n) is 4.12. The fraction of sp³-hybridized carbons (Fsp3) is 0.625. The average Bonchev–Trinajstić information content (AvgIpc) is 3.22. The van der Waals surface area contributed by atoms with Gasteiger partial charge >= 0.3 is 0 Å². The number of aryl methyl sites for hydroxylation is 2. The van der Waals surface area contributed by atoms with E-state index in [2.05, 4.69) is 31.3 Å². The van der Waals surface area contributed by atoms with Gasteiger partial charge in [-0.3, -0.25) is 0 Å². The average molecular weight is 263 g/mol. The molecule has 1 saturated carbocycles. The lowest BCUT2D eigenvalue weighted by atomic mass is 9.92. The van der Waals surface area contributed by atoms with Crippen LogP contribution in [0.4, 0.5) is 0 Å². The number of nitrogens with one attached hydrogen (secondary N) is 1. The summed E-state index contributed by atoms with van der Waals surface area (Å²) < 4.78 is 11.1. The maximum Gasteiger partial charge on any atom is 0.122 e. The summed E-state index contributed by atoms with van der Waals surface area (Å²) >= 11 is 0. The second kappa shape index (κ2) is 5.93. The molecule has 2 unspecified atom stereocenters. The fourth-order valence-electron chi connectivity index (χ4n) is 2.89. The zero-order chi connectivity index (χ0) is 14.0. The molecule has 0 radical (unpaired) electrons. The van der Waals surface area contributed by atoms with Crippen molar-refractivity contribution < 1.29 is 9.47 Å². The van der Waals surface area contributed by atoms with E-state index >= 15 is 0 Å². The van der Waals surface area contributed by atoms with Crippen molar-refractivity contribution in [2.24, 2.45) is 5.92 Å². The minimum Gasteiger partial charge on any atom is -0.496 e. The fourth-order valence-corrected chi connectivity index (χ4v) is 2.89. The maximum atomic E-state index is 5.74. The van der Waals surface area contributed by atoms with Crippen LogP contribution in [0, 0.1) is 19.8 Å². The van der Waals surface area contributed by atoms with Crippen LogP contribution in [-0.4, -0.2) is 27.4 Å². The normalized spacial score (nSPS) is 18.2. The van der Waals surface area contributed by atoms with Crippen molar-refractivity contribution in [1.82, 2.24) is 5.32 Å². The SMILES string of the molecule is CNC(c1cc(C)c(OC)cc1C)C(OC)C1CC1. The number of benzene rings is 1. The molecule has 1 N–H and O–H groups in total. The Bertz CT molecular complexity index is 441. The van der Waals surface area contributed by atoms with Gasteiger partial charge in [0.05, 0.1) is 19.3 Å². The largest absolute Gasteiger partial charge is 0.496 e. The second-order valence-electron chi connectivity index (χ2n) is 5.48. The Morgan fingerprint density at radius 3 is 2.32 bits per heavy atom. The summed E-state index contributed by atoms with van der Waals surface area (Å²) in [5, 5.41) is 3.43. The van der Waals surface area contributed by atoms with Gasteiger partial charge in [-0.25, -0.2) is 0 Å². The van der Waals surface area contributed by atoms with E-state index in [1.807, 2.05) is 14.2 Å². The molecular formula is C16H25NO2. The zero-order valence-corrected chi connectivity index (χ0v) is 12.6.